The molecule has 2 amide bonds. The molecule has 1 N–H and O–H groups in total. The average molecular weight is 389 g/mol. The van der Waals surface area contributed by atoms with Crippen molar-refractivity contribution in [3.8, 4) is 11.3 Å². The highest BCUT2D eigenvalue weighted by Crippen LogP contribution is 2.38. The van der Waals surface area contributed by atoms with Gasteiger partial charge in [-0.2, -0.15) is 5.10 Å². The summed E-state index contributed by atoms with van der Waals surface area (Å²) in [6.07, 6.45) is 3.90. The minimum absolute atomic E-state index is 0.00173. The summed E-state index contributed by atoms with van der Waals surface area (Å²) in [6.45, 7) is 2.82. The van der Waals surface area contributed by atoms with Gasteiger partial charge >= 0.3 is 0 Å². The van der Waals surface area contributed by atoms with Crippen molar-refractivity contribution in [3.63, 3.8) is 0 Å². The Morgan fingerprint density at radius 1 is 1.48 bits per heavy atom. The Morgan fingerprint density at radius 2 is 2.30 bits per heavy atom. The van der Waals surface area contributed by atoms with Gasteiger partial charge in [-0.1, -0.05) is 0 Å². The second kappa shape index (κ2) is 7.05. The molecule has 0 saturated carbocycles. The minimum Gasteiger partial charge on any atom is -0.383 e. The van der Waals surface area contributed by atoms with E-state index in [2.05, 4.69) is 15.4 Å². The summed E-state index contributed by atoms with van der Waals surface area (Å²) < 4.78 is 7.01. The molecule has 144 valence electrons. The molecule has 9 heteroatoms. The molecule has 2 aromatic heterocycles. The number of likely N-dealkylation sites (tertiary alicyclic amines) is 1. The zero-order valence-electron chi connectivity index (χ0n) is 15.7. The highest BCUT2D eigenvalue weighted by Gasteiger charge is 2.37. The first-order valence-electron chi connectivity index (χ1n) is 9.08. The number of amides is 2. The fourth-order valence-electron chi connectivity index (χ4n) is 3.85. The third-order valence-electron chi connectivity index (χ3n) is 5.30. The first kappa shape index (κ1) is 18.1. The van der Waals surface area contributed by atoms with E-state index in [4.69, 9.17) is 4.74 Å². The third kappa shape index (κ3) is 3.25. The number of thiazole rings is 1. The van der Waals surface area contributed by atoms with Crippen molar-refractivity contribution >= 4 is 28.3 Å². The number of ether oxygens (including phenoxy) is 1. The van der Waals surface area contributed by atoms with Crippen LogP contribution in [0.3, 0.4) is 0 Å². The number of hydrogen-bond donors (Lipinski definition) is 1. The van der Waals surface area contributed by atoms with E-state index in [0.29, 0.717) is 18.3 Å². The lowest BCUT2D eigenvalue weighted by Gasteiger charge is -2.23. The molecule has 0 aromatic carbocycles. The van der Waals surface area contributed by atoms with Gasteiger partial charge in [-0.25, -0.2) is 4.98 Å². The molecule has 4 rings (SSSR count). The summed E-state index contributed by atoms with van der Waals surface area (Å²) in [5, 5.41) is 7.84. The van der Waals surface area contributed by atoms with Gasteiger partial charge in [-0.3, -0.25) is 14.3 Å². The number of anilines is 1. The Bertz CT molecular complexity index is 890. The van der Waals surface area contributed by atoms with Crippen molar-refractivity contribution < 1.29 is 14.3 Å². The van der Waals surface area contributed by atoms with Crippen LogP contribution in [0.5, 0.6) is 0 Å². The molecule has 2 aliphatic rings. The number of carbonyl (C=O) groups is 2. The summed E-state index contributed by atoms with van der Waals surface area (Å²) in [5.74, 6) is -0.502. The number of methoxy groups -OCH3 is 1. The molecule has 0 bridgehead atoms. The van der Waals surface area contributed by atoms with Crippen LogP contribution in [-0.4, -0.2) is 57.8 Å². The molecular formula is C18H23N5O3S. The molecule has 0 spiro atoms. The number of carbonyl (C=O) groups excluding carboxylic acids is 2. The van der Waals surface area contributed by atoms with Gasteiger partial charge < -0.3 is 15.0 Å². The number of nitrogens with one attached hydrogen (secondary N) is 1. The van der Waals surface area contributed by atoms with Crippen LogP contribution in [0.1, 0.15) is 23.9 Å². The average Bonchev–Trinajstić information content (AvgIpc) is 3.31. The molecule has 3 heterocycles. The van der Waals surface area contributed by atoms with E-state index in [1.54, 1.807) is 12.0 Å². The van der Waals surface area contributed by atoms with Crippen LogP contribution in [-0.2, 0) is 34.2 Å². The molecule has 27 heavy (non-hydrogen) atoms. The van der Waals surface area contributed by atoms with Gasteiger partial charge in [0, 0.05) is 43.3 Å². The van der Waals surface area contributed by atoms with Crippen LogP contribution < -0.4 is 5.32 Å². The molecule has 1 saturated heterocycles. The smallest absolute Gasteiger partial charge is 0.231 e. The van der Waals surface area contributed by atoms with E-state index >= 15 is 0 Å². The second-order valence-electron chi connectivity index (χ2n) is 7.16. The zero-order chi connectivity index (χ0) is 19.1. The van der Waals surface area contributed by atoms with Crippen molar-refractivity contribution in [3.05, 3.63) is 16.8 Å². The summed E-state index contributed by atoms with van der Waals surface area (Å²) in [7, 11) is 3.55. The Hall–Kier alpha value is -2.26. The first-order valence-corrected chi connectivity index (χ1v) is 9.89. The van der Waals surface area contributed by atoms with Crippen LogP contribution in [0.2, 0.25) is 0 Å². The maximum atomic E-state index is 12.7. The van der Waals surface area contributed by atoms with Crippen LogP contribution in [0.4, 0.5) is 5.13 Å². The zero-order valence-corrected chi connectivity index (χ0v) is 16.5. The first-order chi connectivity index (χ1) is 13.0. The predicted octanol–water partition coefficient (Wildman–Crippen LogP) is 1.46. The minimum atomic E-state index is -0.355. The van der Waals surface area contributed by atoms with Gasteiger partial charge in [0.1, 0.15) is 0 Å². The normalized spacial score (nSPS) is 19.7. The molecule has 2 atom stereocenters. The molecule has 1 fully saturated rings. The number of hydrogen-bond acceptors (Lipinski definition) is 6. The Labute approximate surface area is 161 Å². The number of aryl methyl sites for hydroxylation is 2. The molecule has 0 unspecified atom stereocenters. The predicted molar refractivity (Wildman–Crippen MR) is 102 cm³/mol. The summed E-state index contributed by atoms with van der Waals surface area (Å²) in [6, 6.07) is -0.0310. The van der Waals surface area contributed by atoms with Gasteiger partial charge in [-0.15, -0.1) is 11.3 Å². The van der Waals surface area contributed by atoms with E-state index < -0.39 is 0 Å². The van der Waals surface area contributed by atoms with Gasteiger partial charge in [0.25, 0.3) is 0 Å². The topological polar surface area (TPSA) is 89.3 Å². The summed E-state index contributed by atoms with van der Waals surface area (Å²) in [4.78, 5) is 32.4. The third-order valence-corrected chi connectivity index (χ3v) is 6.33. The molecule has 1 aliphatic carbocycles. The van der Waals surface area contributed by atoms with E-state index in [9.17, 15) is 9.59 Å². The van der Waals surface area contributed by atoms with Crippen LogP contribution in [0.15, 0.2) is 6.20 Å². The van der Waals surface area contributed by atoms with E-state index in [1.807, 2.05) is 24.9 Å². The second-order valence-corrected chi connectivity index (χ2v) is 8.24. The van der Waals surface area contributed by atoms with Crippen molar-refractivity contribution in [2.24, 2.45) is 13.0 Å². The number of fused-ring (bicyclic) bond motifs is 3. The van der Waals surface area contributed by atoms with Crippen LogP contribution in [0.25, 0.3) is 11.3 Å². The van der Waals surface area contributed by atoms with Gasteiger partial charge in [0.2, 0.25) is 11.8 Å². The number of rotatable bonds is 5. The maximum Gasteiger partial charge on any atom is 0.231 e. The lowest BCUT2D eigenvalue weighted by Crippen LogP contribution is -2.38. The Morgan fingerprint density at radius 3 is 3.07 bits per heavy atom. The number of nitrogens with zero attached hydrogens (tertiary/aromatic N) is 4. The highest BCUT2D eigenvalue weighted by molar-refractivity contribution is 7.16. The summed E-state index contributed by atoms with van der Waals surface area (Å²) in [5.41, 5.74) is 3.14. The molecule has 1 aliphatic heterocycles. The lowest BCUT2D eigenvalue weighted by atomic mass is 10.0. The van der Waals surface area contributed by atoms with E-state index in [0.717, 1.165) is 24.1 Å². The quantitative estimate of drug-likeness (QED) is 0.836. The van der Waals surface area contributed by atoms with E-state index in [1.165, 1.54) is 21.9 Å². The number of aromatic nitrogens is 3. The van der Waals surface area contributed by atoms with Gasteiger partial charge in [-0.05, 0) is 19.8 Å². The van der Waals surface area contributed by atoms with Crippen molar-refractivity contribution in [1.29, 1.82) is 0 Å². The van der Waals surface area contributed by atoms with Crippen molar-refractivity contribution in [2.75, 3.05) is 25.6 Å². The molecule has 8 nitrogen and oxygen atoms in total. The summed E-state index contributed by atoms with van der Waals surface area (Å²) >= 11 is 1.51. The van der Waals surface area contributed by atoms with Crippen molar-refractivity contribution in [2.45, 2.75) is 32.2 Å². The van der Waals surface area contributed by atoms with Crippen LogP contribution in [0, 0.1) is 5.92 Å². The van der Waals surface area contributed by atoms with Gasteiger partial charge in [0.05, 0.1) is 30.5 Å². The molecule has 2 aromatic rings. The van der Waals surface area contributed by atoms with Crippen molar-refractivity contribution in [1.82, 2.24) is 19.7 Å². The highest BCUT2D eigenvalue weighted by atomic mass is 32.1. The van der Waals surface area contributed by atoms with Crippen LogP contribution >= 0.6 is 11.3 Å². The SMILES string of the molecule is COC[C@@H](C)N1C[C@@H](C(=O)Nc2nc3c(s2)CCc2c-3cnn2C)CC1=O. The van der Waals surface area contributed by atoms with Gasteiger partial charge in [0.15, 0.2) is 5.13 Å². The Balaban J connectivity index is 1.46. The van der Waals surface area contributed by atoms with E-state index in [-0.39, 0.29) is 30.2 Å². The largest absolute Gasteiger partial charge is 0.383 e. The lowest BCUT2D eigenvalue weighted by molar-refractivity contribution is -0.130. The fourth-order valence-corrected chi connectivity index (χ4v) is 4.82. The molecule has 0 radical (unpaired) electrons. The fraction of sp³-hybridized carbons (Fsp3) is 0.556. The monoisotopic (exact) mass is 389 g/mol. The standard InChI is InChI=1S/C18H23N5O3S/c1-10(9-26-3)23-8-11(6-15(23)24)17(25)21-18-20-16-12-7-19-22(2)13(12)4-5-14(16)27-18/h7,10-11H,4-6,8-9H2,1-3H3,(H,20,21,25)/t10-,11+/m1/s1. The maximum absolute atomic E-state index is 12.7. The Kier molecular flexibility index (Phi) is 4.73. The molecular weight excluding hydrogens is 366 g/mol.